The highest BCUT2D eigenvalue weighted by atomic mass is 15.1. The van der Waals surface area contributed by atoms with E-state index in [1.165, 1.54) is 43.6 Å². The first-order valence-corrected chi connectivity index (χ1v) is 5.24. The summed E-state index contributed by atoms with van der Waals surface area (Å²) in [5.41, 5.74) is 2.99. The molecular formula is C12H17N. The summed E-state index contributed by atoms with van der Waals surface area (Å²) in [7, 11) is 0. The van der Waals surface area contributed by atoms with E-state index in [9.17, 15) is 0 Å². The van der Waals surface area contributed by atoms with E-state index < -0.39 is 0 Å². The lowest BCUT2D eigenvalue weighted by Gasteiger charge is -2.18. The molecule has 0 aromatic heterocycles. The molecule has 0 saturated carbocycles. The molecule has 0 N–H and O–H groups in total. The standard InChI is InChI=1S/C12H17N/c1-2-3-9-13-10-8-11-6-4-5-7-12(11)13/h4-7H,2-3,8-10H2,1H3. The molecule has 1 nitrogen and oxygen atoms in total. The van der Waals surface area contributed by atoms with E-state index in [-0.39, 0.29) is 0 Å². The molecule has 0 saturated heterocycles. The summed E-state index contributed by atoms with van der Waals surface area (Å²) in [6.07, 6.45) is 3.84. The van der Waals surface area contributed by atoms with Crippen molar-refractivity contribution in [3.05, 3.63) is 29.8 Å². The summed E-state index contributed by atoms with van der Waals surface area (Å²) in [5.74, 6) is 0. The minimum Gasteiger partial charge on any atom is -0.371 e. The van der Waals surface area contributed by atoms with Crippen LogP contribution >= 0.6 is 0 Å². The maximum Gasteiger partial charge on any atom is 0.0399 e. The zero-order valence-electron chi connectivity index (χ0n) is 8.29. The van der Waals surface area contributed by atoms with Crippen LogP contribution in [0.15, 0.2) is 24.3 Å². The quantitative estimate of drug-likeness (QED) is 0.682. The average Bonchev–Trinajstić information content (AvgIpc) is 2.58. The van der Waals surface area contributed by atoms with Crippen LogP contribution in [-0.2, 0) is 6.42 Å². The fourth-order valence-electron chi connectivity index (χ4n) is 1.99. The number of unbranched alkanes of at least 4 members (excludes halogenated alkanes) is 1. The number of nitrogens with zero attached hydrogens (tertiary/aromatic N) is 1. The molecule has 0 atom stereocenters. The predicted octanol–water partition coefficient (Wildman–Crippen LogP) is 2.85. The van der Waals surface area contributed by atoms with Gasteiger partial charge in [-0.05, 0) is 24.5 Å². The first kappa shape index (κ1) is 8.61. The number of benzene rings is 1. The summed E-state index contributed by atoms with van der Waals surface area (Å²) >= 11 is 0. The van der Waals surface area contributed by atoms with Crippen LogP contribution in [0.5, 0.6) is 0 Å². The Morgan fingerprint density at radius 3 is 3.00 bits per heavy atom. The molecule has 0 bridgehead atoms. The zero-order valence-corrected chi connectivity index (χ0v) is 8.29. The van der Waals surface area contributed by atoms with Gasteiger partial charge in [0, 0.05) is 18.8 Å². The molecule has 0 aliphatic carbocycles. The van der Waals surface area contributed by atoms with Crippen LogP contribution in [0.1, 0.15) is 25.3 Å². The zero-order chi connectivity index (χ0) is 9.10. The SMILES string of the molecule is CCCCN1CCc2ccccc21. The Morgan fingerprint density at radius 1 is 1.31 bits per heavy atom. The van der Waals surface area contributed by atoms with Crippen LogP contribution in [0.3, 0.4) is 0 Å². The van der Waals surface area contributed by atoms with Crippen molar-refractivity contribution in [2.24, 2.45) is 0 Å². The number of hydrogen-bond acceptors (Lipinski definition) is 1. The third-order valence-electron chi connectivity index (χ3n) is 2.76. The summed E-state index contributed by atoms with van der Waals surface area (Å²) in [6, 6.07) is 8.78. The minimum absolute atomic E-state index is 1.22. The van der Waals surface area contributed by atoms with Crippen LogP contribution < -0.4 is 4.90 Å². The second-order valence-corrected chi connectivity index (χ2v) is 3.72. The van der Waals surface area contributed by atoms with E-state index in [1.54, 1.807) is 0 Å². The first-order valence-electron chi connectivity index (χ1n) is 5.24. The highest BCUT2D eigenvalue weighted by molar-refractivity contribution is 5.57. The molecule has 0 spiro atoms. The largest absolute Gasteiger partial charge is 0.371 e. The van der Waals surface area contributed by atoms with Crippen molar-refractivity contribution in [2.75, 3.05) is 18.0 Å². The lowest BCUT2D eigenvalue weighted by Crippen LogP contribution is -2.21. The molecule has 0 unspecified atom stereocenters. The molecule has 70 valence electrons. The van der Waals surface area contributed by atoms with Gasteiger partial charge >= 0.3 is 0 Å². The molecule has 1 heteroatoms. The predicted molar refractivity (Wildman–Crippen MR) is 57.3 cm³/mol. The third kappa shape index (κ3) is 1.69. The molecule has 0 radical (unpaired) electrons. The van der Waals surface area contributed by atoms with Gasteiger partial charge in [0.2, 0.25) is 0 Å². The molecule has 0 amide bonds. The number of rotatable bonds is 3. The van der Waals surface area contributed by atoms with E-state index in [1.807, 2.05) is 0 Å². The van der Waals surface area contributed by atoms with Gasteiger partial charge in [-0.2, -0.15) is 0 Å². The van der Waals surface area contributed by atoms with Gasteiger partial charge in [0.1, 0.15) is 0 Å². The van der Waals surface area contributed by atoms with Gasteiger partial charge in [0.05, 0.1) is 0 Å². The number of hydrogen-bond donors (Lipinski definition) is 0. The van der Waals surface area contributed by atoms with Crippen molar-refractivity contribution in [3.63, 3.8) is 0 Å². The van der Waals surface area contributed by atoms with E-state index >= 15 is 0 Å². The molecular weight excluding hydrogens is 158 g/mol. The van der Waals surface area contributed by atoms with E-state index in [2.05, 4.69) is 36.1 Å². The van der Waals surface area contributed by atoms with Crippen molar-refractivity contribution < 1.29 is 0 Å². The van der Waals surface area contributed by atoms with E-state index in [0.717, 1.165) is 0 Å². The Kier molecular flexibility index (Phi) is 2.53. The highest BCUT2D eigenvalue weighted by Gasteiger charge is 2.16. The summed E-state index contributed by atoms with van der Waals surface area (Å²) < 4.78 is 0. The highest BCUT2D eigenvalue weighted by Crippen LogP contribution is 2.27. The van der Waals surface area contributed by atoms with Crippen LogP contribution in [-0.4, -0.2) is 13.1 Å². The van der Waals surface area contributed by atoms with Crippen molar-refractivity contribution in [3.8, 4) is 0 Å². The fraction of sp³-hybridized carbons (Fsp3) is 0.500. The number of anilines is 1. The lowest BCUT2D eigenvalue weighted by molar-refractivity contribution is 0.736. The molecule has 1 aliphatic rings. The second-order valence-electron chi connectivity index (χ2n) is 3.72. The van der Waals surface area contributed by atoms with Gasteiger partial charge < -0.3 is 4.90 Å². The Hall–Kier alpha value is -0.980. The first-order chi connectivity index (χ1) is 6.42. The lowest BCUT2D eigenvalue weighted by atomic mass is 10.2. The molecule has 13 heavy (non-hydrogen) atoms. The Balaban J connectivity index is 2.09. The summed E-state index contributed by atoms with van der Waals surface area (Å²) in [6.45, 7) is 4.70. The van der Waals surface area contributed by atoms with E-state index in [4.69, 9.17) is 0 Å². The molecule has 2 rings (SSSR count). The monoisotopic (exact) mass is 175 g/mol. The van der Waals surface area contributed by atoms with Crippen molar-refractivity contribution >= 4 is 5.69 Å². The van der Waals surface area contributed by atoms with Crippen LogP contribution in [0.2, 0.25) is 0 Å². The molecule has 0 fully saturated rings. The Morgan fingerprint density at radius 2 is 2.15 bits per heavy atom. The Bertz CT molecular complexity index is 280. The Labute approximate surface area is 80.4 Å². The van der Waals surface area contributed by atoms with Crippen molar-refractivity contribution in [1.29, 1.82) is 0 Å². The molecule has 1 aromatic carbocycles. The van der Waals surface area contributed by atoms with Gasteiger partial charge in [-0.3, -0.25) is 0 Å². The minimum atomic E-state index is 1.22. The molecule has 1 heterocycles. The van der Waals surface area contributed by atoms with Crippen LogP contribution in [0.4, 0.5) is 5.69 Å². The molecule has 1 aliphatic heterocycles. The van der Waals surface area contributed by atoms with Crippen LogP contribution in [0.25, 0.3) is 0 Å². The fourth-order valence-corrected chi connectivity index (χ4v) is 1.99. The number of para-hydroxylation sites is 1. The smallest absolute Gasteiger partial charge is 0.0399 e. The van der Waals surface area contributed by atoms with Crippen molar-refractivity contribution in [1.82, 2.24) is 0 Å². The molecule has 1 aromatic rings. The van der Waals surface area contributed by atoms with Crippen LogP contribution in [0, 0.1) is 0 Å². The van der Waals surface area contributed by atoms with Gasteiger partial charge in [0.25, 0.3) is 0 Å². The normalized spacial score (nSPS) is 14.7. The summed E-state index contributed by atoms with van der Waals surface area (Å²) in [5, 5.41) is 0. The van der Waals surface area contributed by atoms with Gasteiger partial charge in [-0.15, -0.1) is 0 Å². The second kappa shape index (κ2) is 3.82. The average molecular weight is 175 g/mol. The van der Waals surface area contributed by atoms with Crippen molar-refractivity contribution in [2.45, 2.75) is 26.2 Å². The van der Waals surface area contributed by atoms with Gasteiger partial charge in [0.15, 0.2) is 0 Å². The van der Waals surface area contributed by atoms with Gasteiger partial charge in [-0.1, -0.05) is 31.5 Å². The number of fused-ring (bicyclic) bond motifs is 1. The topological polar surface area (TPSA) is 3.24 Å². The maximum absolute atomic E-state index is 2.51. The maximum atomic E-state index is 2.51. The summed E-state index contributed by atoms with van der Waals surface area (Å²) in [4.78, 5) is 2.51. The van der Waals surface area contributed by atoms with E-state index in [0.29, 0.717) is 0 Å². The van der Waals surface area contributed by atoms with Gasteiger partial charge in [-0.25, -0.2) is 0 Å². The third-order valence-corrected chi connectivity index (χ3v) is 2.76.